The van der Waals surface area contributed by atoms with Crippen molar-refractivity contribution in [3.63, 3.8) is 0 Å². The normalized spacial score (nSPS) is 29.3. The van der Waals surface area contributed by atoms with Gasteiger partial charge in [0.25, 0.3) is 5.91 Å². The number of likely N-dealkylation sites (tertiary alicyclic amines) is 1. The maximum Gasteiger partial charge on any atom is 0.253 e. The Morgan fingerprint density at radius 1 is 0.893 bits per heavy atom. The van der Waals surface area contributed by atoms with Gasteiger partial charge in [-0.05, 0) is 68.7 Å². The Kier molecular flexibility index (Phi) is 5.79. The van der Waals surface area contributed by atoms with Gasteiger partial charge >= 0.3 is 0 Å². The zero-order chi connectivity index (χ0) is 19.7. The average molecular weight is 405 g/mol. The number of piperidine rings is 2. The molecule has 0 spiro atoms. The van der Waals surface area contributed by atoms with E-state index in [-0.39, 0.29) is 11.9 Å². The van der Waals surface area contributed by atoms with Gasteiger partial charge in [0.05, 0.1) is 4.90 Å². The maximum absolute atomic E-state index is 13.0. The van der Waals surface area contributed by atoms with Gasteiger partial charge < -0.3 is 4.90 Å². The van der Waals surface area contributed by atoms with E-state index in [2.05, 4.69) is 0 Å². The van der Waals surface area contributed by atoms with Crippen LogP contribution in [-0.4, -0.2) is 49.2 Å². The lowest BCUT2D eigenvalue weighted by Gasteiger charge is -2.41. The molecule has 5 nitrogen and oxygen atoms in total. The Bertz CT molecular complexity index is 806. The van der Waals surface area contributed by atoms with Crippen molar-refractivity contribution in [2.45, 2.75) is 69.2 Å². The summed E-state index contributed by atoms with van der Waals surface area (Å²) >= 11 is 0. The predicted octanol–water partition coefficient (Wildman–Crippen LogP) is 3.90. The van der Waals surface area contributed by atoms with Crippen LogP contribution in [0.25, 0.3) is 0 Å². The SMILES string of the molecule is C[C@@H]1CCCCN1S(=O)(=O)c1ccc(C(=O)N2CC[C@@H]3CCCC[C@@H]3C2)cc1. The fourth-order valence-corrected chi connectivity index (χ4v) is 7.00. The van der Waals surface area contributed by atoms with E-state index in [0.29, 0.717) is 22.9 Å². The number of hydrogen-bond donors (Lipinski definition) is 0. The summed E-state index contributed by atoms with van der Waals surface area (Å²) in [6, 6.07) is 6.64. The molecule has 28 heavy (non-hydrogen) atoms. The van der Waals surface area contributed by atoms with Gasteiger partial charge in [-0.2, -0.15) is 4.31 Å². The highest BCUT2D eigenvalue weighted by atomic mass is 32.2. The quantitative estimate of drug-likeness (QED) is 0.768. The van der Waals surface area contributed by atoms with Crippen LogP contribution < -0.4 is 0 Å². The predicted molar refractivity (Wildman–Crippen MR) is 110 cm³/mol. The molecule has 2 heterocycles. The van der Waals surface area contributed by atoms with Gasteiger partial charge in [-0.25, -0.2) is 8.42 Å². The molecule has 3 atom stereocenters. The summed E-state index contributed by atoms with van der Waals surface area (Å²) in [5, 5.41) is 0. The number of rotatable bonds is 3. The minimum atomic E-state index is -3.49. The fraction of sp³-hybridized carbons (Fsp3) is 0.682. The first-order chi connectivity index (χ1) is 13.5. The molecular formula is C22H32N2O3S. The second-order valence-electron chi connectivity index (χ2n) is 8.83. The van der Waals surface area contributed by atoms with Crippen molar-refractivity contribution >= 4 is 15.9 Å². The number of hydrogen-bond acceptors (Lipinski definition) is 3. The monoisotopic (exact) mass is 404 g/mol. The Labute approximate surface area is 169 Å². The lowest BCUT2D eigenvalue weighted by molar-refractivity contribution is 0.0521. The molecule has 0 bridgehead atoms. The van der Waals surface area contributed by atoms with Crippen LogP contribution in [-0.2, 0) is 10.0 Å². The highest BCUT2D eigenvalue weighted by Gasteiger charge is 2.34. The Morgan fingerprint density at radius 2 is 1.57 bits per heavy atom. The highest BCUT2D eigenvalue weighted by Crippen LogP contribution is 2.36. The minimum absolute atomic E-state index is 0.0387. The zero-order valence-electron chi connectivity index (χ0n) is 16.8. The topological polar surface area (TPSA) is 57.7 Å². The molecule has 4 rings (SSSR count). The zero-order valence-corrected chi connectivity index (χ0v) is 17.7. The molecule has 1 aliphatic carbocycles. The summed E-state index contributed by atoms with van der Waals surface area (Å²) in [5.41, 5.74) is 0.597. The number of carbonyl (C=O) groups is 1. The third-order valence-electron chi connectivity index (χ3n) is 7.03. The molecule has 6 heteroatoms. The van der Waals surface area contributed by atoms with Gasteiger partial charge in [0, 0.05) is 31.2 Å². The largest absolute Gasteiger partial charge is 0.338 e. The molecule has 0 unspecified atom stereocenters. The van der Waals surface area contributed by atoms with Crippen molar-refractivity contribution < 1.29 is 13.2 Å². The van der Waals surface area contributed by atoms with Gasteiger partial charge in [-0.15, -0.1) is 0 Å². The number of sulfonamides is 1. The summed E-state index contributed by atoms with van der Waals surface area (Å²) < 4.78 is 27.5. The molecule has 0 radical (unpaired) electrons. The number of benzene rings is 1. The van der Waals surface area contributed by atoms with Crippen LogP contribution in [0.2, 0.25) is 0 Å². The first kappa shape index (κ1) is 19.9. The lowest BCUT2D eigenvalue weighted by Crippen LogP contribution is -2.44. The third-order valence-corrected chi connectivity index (χ3v) is 9.06. The van der Waals surface area contributed by atoms with Gasteiger partial charge in [0.2, 0.25) is 10.0 Å². The first-order valence-electron chi connectivity index (χ1n) is 10.9. The van der Waals surface area contributed by atoms with E-state index in [1.165, 1.54) is 25.7 Å². The molecule has 1 aromatic carbocycles. The van der Waals surface area contributed by atoms with Crippen LogP contribution in [0, 0.1) is 11.8 Å². The number of nitrogens with zero attached hydrogens (tertiary/aromatic N) is 2. The van der Waals surface area contributed by atoms with E-state index in [4.69, 9.17) is 0 Å². The van der Waals surface area contributed by atoms with Crippen molar-refractivity contribution in [1.29, 1.82) is 0 Å². The Morgan fingerprint density at radius 3 is 2.29 bits per heavy atom. The van der Waals surface area contributed by atoms with Crippen molar-refractivity contribution in [2.75, 3.05) is 19.6 Å². The van der Waals surface area contributed by atoms with Crippen LogP contribution in [0.4, 0.5) is 0 Å². The Balaban J connectivity index is 1.46. The van der Waals surface area contributed by atoms with Crippen molar-refractivity contribution in [3.05, 3.63) is 29.8 Å². The van der Waals surface area contributed by atoms with Gasteiger partial charge in [-0.1, -0.05) is 25.7 Å². The second kappa shape index (κ2) is 8.15. The molecule has 1 aromatic rings. The van der Waals surface area contributed by atoms with Crippen LogP contribution in [0.5, 0.6) is 0 Å². The van der Waals surface area contributed by atoms with Gasteiger partial charge in [-0.3, -0.25) is 4.79 Å². The van der Waals surface area contributed by atoms with Crippen LogP contribution in [0.3, 0.4) is 0 Å². The summed E-state index contributed by atoms with van der Waals surface area (Å²) in [4.78, 5) is 15.2. The average Bonchev–Trinajstić information content (AvgIpc) is 2.73. The van der Waals surface area contributed by atoms with E-state index in [1.54, 1.807) is 28.6 Å². The molecule has 0 aromatic heterocycles. The summed E-state index contributed by atoms with van der Waals surface area (Å²) in [5.74, 6) is 1.47. The molecule has 3 fully saturated rings. The van der Waals surface area contributed by atoms with Gasteiger partial charge in [0.1, 0.15) is 0 Å². The van der Waals surface area contributed by atoms with Crippen molar-refractivity contribution in [2.24, 2.45) is 11.8 Å². The summed E-state index contributed by atoms with van der Waals surface area (Å²) in [7, 11) is -3.49. The van der Waals surface area contributed by atoms with Crippen LogP contribution in [0.1, 0.15) is 68.6 Å². The van der Waals surface area contributed by atoms with Crippen molar-refractivity contribution in [1.82, 2.24) is 9.21 Å². The molecule has 2 saturated heterocycles. The van der Waals surface area contributed by atoms with Crippen LogP contribution >= 0.6 is 0 Å². The Hall–Kier alpha value is -1.40. The van der Waals surface area contributed by atoms with E-state index in [1.807, 2.05) is 11.8 Å². The second-order valence-corrected chi connectivity index (χ2v) is 10.7. The number of fused-ring (bicyclic) bond motifs is 1. The molecule has 2 aliphatic heterocycles. The van der Waals surface area contributed by atoms with E-state index in [0.717, 1.165) is 44.7 Å². The van der Waals surface area contributed by atoms with E-state index in [9.17, 15) is 13.2 Å². The lowest BCUT2D eigenvalue weighted by atomic mass is 9.75. The third kappa shape index (κ3) is 3.86. The fourth-order valence-electron chi connectivity index (χ4n) is 5.30. The number of carbonyl (C=O) groups excluding carboxylic acids is 1. The van der Waals surface area contributed by atoms with Gasteiger partial charge in [0.15, 0.2) is 0 Å². The molecule has 1 saturated carbocycles. The standard InChI is InChI=1S/C22H32N2O3S/c1-17-6-4-5-14-24(17)28(26,27)21-11-9-19(10-12-21)22(25)23-15-13-18-7-2-3-8-20(18)16-23/h9-12,17-18,20H,2-8,13-16H2,1H3/t17-,18+,20-/m1/s1. The molecular weight excluding hydrogens is 372 g/mol. The highest BCUT2D eigenvalue weighted by molar-refractivity contribution is 7.89. The number of amides is 1. The van der Waals surface area contributed by atoms with Crippen LogP contribution in [0.15, 0.2) is 29.2 Å². The first-order valence-corrected chi connectivity index (χ1v) is 12.3. The smallest absolute Gasteiger partial charge is 0.253 e. The van der Waals surface area contributed by atoms with E-state index >= 15 is 0 Å². The van der Waals surface area contributed by atoms with E-state index < -0.39 is 10.0 Å². The minimum Gasteiger partial charge on any atom is -0.338 e. The summed E-state index contributed by atoms with van der Waals surface area (Å²) in [6.45, 7) is 4.24. The molecule has 1 amide bonds. The maximum atomic E-state index is 13.0. The molecule has 154 valence electrons. The molecule has 0 N–H and O–H groups in total. The molecule has 3 aliphatic rings. The summed E-state index contributed by atoms with van der Waals surface area (Å²) in [6.07, 6.45) is 9.18. The van der Waals surface area contributed by atoms with Crippen molar-refractivity contribution in [3.8, 4) is 0 Å².